The molecule has 0 bridgehead atoms. The summed E-state index contributed by atoms with van der Waals surface area (Å²) in [6, 6.07) is 3.30. The van der Waals surface area contributed by atoms with Crippen LogP contribution in [0, 0.1) is 0 Å². The van der Waals surface area contributed by atoms with Gasteiger partial charge in [0.25, 0.3) is 0 Å². The largest absolute Gasteiger partial charge is 0.457 e. The van der Waals surface area contributed by atoms with Gasteiger partial charge in [-0.15, -0.1) is 11.3 Å². The van der Waals surface area contributed by atoms with Gasteiger partial charge in [-0.25, -0.2) is 22.7 Å². The third kappa shape index (κ3) is 8.68. The number of thiophene rings is 1. The van der Waals surface area contributed by atoms with Crippen LogP contribution in [-0.2, 0) is 30.7 Å². The number of carbonyl (C=O) groups excluding carboxylic acids is 2. The molecule has 1 rings (SSSR count). The first-order chi connectivity index (χ1) is 10.5. The van der Waals surface area contributed by atoms with Crippen molar-refractivity contribution in [1.29, 1.82) is 0 Å². The molecule has 0 saturated carbocycles. The Balaban J connectivity index is 2.44. The van der Waals surface area contributed by atoms with E-state index < -0.39 is 34.2 Å². The molecule has 1 aromatic heterocycles. The number of sulfonamides is 1. The van der Waals surface area contributed by atoms with Crippen LogP contribution < -0.4 is 4.72 Å². The summed E-state index contributed by atoms with van der Waals surface area (Å²) in [6.45, 7) is 4.99. The first-order valence-corrected chi connectivity index (χ1v) is 9.59. The lowest BCUT2D eigenvalue weighted by atomic mass is 10.2. The highest BCUT2D eigenvalue weighted by atomic mass is 32.2. The van der Waals surface area contributed by atoms with E-state index in [9.17, 15) is 18.0 Å². The van der Waals surface area contributed by atoms with Crippen LogP contribution in [-0.4, -0.2) is 45.4 Å². The molecule has 23 heavy (non-hydrogen) atoms. The van der Waals surface area contributed by atoms with Gasteiger partial charge in [-0.1, -0.05) is 0 Å². The molecule has 0 unspecified atom stereocenters. The second kappa shape index (κ2) is 7.89. The topological polar surface area (TPSA) is 98.8 Å². The smallest absolute Gasteiger partial charge is 0.348 e. The lowest BCUT2D eigenvalue weighted by Gasteiger charge is -2.19. The average molecular weight is 363 g/mol. The van der Waals surface area contributed by atoms with E-state index in [2.05, 4.69) is 4.72 Å². The maximum Gasteiger partial charge on any atom is 0.348 e. The molecule has 0 radical (unpaired) electrons. The van der Waals surface area contributed by atoms with E-state index in [1.165, 1.54) is 11.3 Å². The highest BCUT2D eigenvalue weighted by molar-refractivity contribution is 7.88. The van der Waals surface area contributed by atoms with Crippen molar-refractivity contribution < 1.29 is 27.5 Å². The van der Waals surface area contributed by atoms with Crippen LogP contribution in [0.25, 0.3) is 0 Å². The molecule has 0 atom stereocenters. The van der Waals surface area contributed by atoms with Crippen molar-refractivity contribution in [3.05, 3.63) is 21.9 Å². The molecule has 0 aliphatic heterocycles. The predicted octanol–water partition coefficient (Wildman–Crippen LogP) is 1.34. The third-order valence-corrected chi connectivity index (χ3v) is 4.19. The summed E-state index contributed by atoms with van der Waals surface area (Å²) in [7, 11) is -3.23. The minimum atomic E-state index is -3.23. The fourth-order valence-corrected chi connectivity index (χ4v) is 2.92. The zero-order valence-electron chi connectivity index (χ0n) is 13.5. The average Bonchev–Trinajstić information content (AvgIpc) is 2.81. The van der Waals surface area contributed by atoms with Crippen LogP contribution in [0.5, 0.6) is 0 Å². The summed E-state index contributed by atoms with van der Waals surface area (Å²) in [5.41, 5.74) is -0.633. The van der Waals surface area contributed by atoms with E-state index in [1.807, 2.05) is 0 Å². The molecule has 0 aromatic carbocycles. The normalized spacial score (nSPS) is 12.0. The van der Waals surface area contributed by atoms with Gasteiger partial charge in [0.2, 0.25) is 10.0 Å². The second-order valence-corrected chi connectivity index (χ2v) is 8.85. The van der Waals surface area contributed by atoms with Gasteiger partial charge in [0.05, 0.1) is 6.26 Å². The molecule has 1 aromatic rings. The SMILES string of the molecule is CC(C)(C)OC(=O)COC(=O)c1ccc(CCNS(C)(=O)=O)s1. The highest BCUT2D eigenvalue weighted by Crippen LogP contribution is 2.18. The molecule has 1 N–H and O–H groups in total. The Morgan fingerprint density at radius 3 is 2.48 bits per heavy atom. The van der Waals surface area contributed by atoms with Gasteiger partial charge in [-0.05, 0) is 39.3 Å². The fraction of sp³-hybridized carbons (Fsp3) is 0.571. The van der Waals surface area contributed by atoms with Gasteiger partial charge in [-0.2, -0.15) is 0 Å². The summed E-state index contributed by atoms with van der Waals surface area (Å²) < 4.78 is 34.2. The van der Waals surface area contributed by atoms with E-state index in [1.54, 1.807) is 32.9 Å². The summed E-state index contributed by atoms with van der Waals surface area (Å²) in [6.07, 6.45) is 1.55. The number of nitrogens with one attached hydrogen (secondary N) is 1. The van der Waals surface area contributed by atoms with E-state index in [-0.39, 0.29) is 6.54 Å². The number of hydrogen-bond acceptors (Lipinski definition) is 7. The Hall–Kier alpha value is -1.45. The Morgan fingerprint density at radius 2 is 1.91 bits per heavy atom. The zero-order chi connectivity index (χ0) is 17.7. The Kier molecular flexibility index (Phi) is 6.72. The molecule has 0 aliphatic carbocycles. The van der Waals surface area contributed by atoms with Gasteiger partial charge in [0.15, 0.2) is 6.61 Å². The summed E-state index contributed by atoms with van der Waals surface area (Å²) >= 11 is 1.19. The first kappa shape index (κ1) is 19.6. The monoisotopic (exact) mass is 363 g/mol. The summed E-state index contributed by atoms with van der Waals surface area (Å²) in [4.78, 5) is 24.5. The van der Waals surface area contributed by atoms with E-state index in [0.717, 1.165) is 11.1 Å². The van der Waals surface area contributed by atoms with Crippen molar-refractivity contribution >= 4 is 33.3 Å². The number of rotatable bonds is 7. The summed E-state index contributed by atoms with van der Waals surface area (Å²) in [5, 5.41) is 0. The highest BCUT2D eigenvalue weighted by Gasteiger charge is 2.18. The minimum Gasteiger partial charge on any atom is -0.457 e. The molecule has 7 nitrogen and oxygen atoms in total. The van der Waals surface area contributed by atoms with Gasteiger partial charge in [0.1, 0.15) is 10.5 Å². The van der Waals surface area contributed by atoms with Gasteiger partial charge in [-0.3, -0.25) is 0 Å². The lowest BCUT2D eigenvalue weighted by molar-refractivity contribution is -0.158. The standard InChI is InChI=1S/C14H21NO6S2/c1-14(2,3)21-12(16)9-20-13(17)11-6-5-10(22-11)7-8-15-23(4,18)19/h5-6,15H,7-9H2,1-4H3. The van der Waals surface area contributed by atoms with Crippen LogP contribution >= 0.6 is 11.3 Å². The van der Waals surface area contributed by atoms with Crippen LogP contribution in [0.15, 0.2) is 12.1 Å². The molecule has 0 saturated heterocycles. The number of esters is 2. The van der Waals surface area contributed by atoms with Gasteiger partial charge < -0.3 is 9.47 Å². The molecular weight excluding hydrogens is 342 g/mol. The van der Waals surface area contributed by atoms with E-state index in [0.29, 0.717) is 11.3 Å². The summed E-state index contributed by atoms with van der Waals surface area (Å²) in [5.74, 6) is -1.22. The Morgan fingerprint density at radius 1 is 1.26 bits per heavy atom. The minimum absolute atomic E-state index is 0.256. The van der Waals surface area contributed by atoms with Crippen molar-refractivity contribution in [2.24, 2.45) is 0 Å². The maximum atomic E-state index is 11.8. The van der Waals surface area contributed by atoms with E-state index >= 15 is 0 Å². The maximum absolute atomic E-state index is 11.8. The lowest BCUT2D eigenvalue weighted by Crippen LogP contribution is -2.27. The number of hydrogen-bond donors (Lipinski definition) is 1. The number of ether oxygens (including phenoxy) is 2. The molecule has 0 amide bonds. The Bertz CT molecular complexity index is 657. The molecule has 9 heteroatoms. The van der Waals surface area contributed by atoms with Crippen LogP contribution in [0.2, 0.25) is 0 Å². The van der Waals surface area contributed by atoms with Crippen molar-refractivity contribution in [3.8, 4) is 0 Å². The predicted molar refractivity (Wildman–Crippen MR) is 87.0 cm³/mol. The van der Waals surface area contributed by atoms with Crippen molar-refractivity contribution in [2.75, 3.05) is 19.4 Å². The van der Waals surface area contributed by atoms with Crippen molar-refractivity contribution in [1.82, 2.24) is 4.72 Å². The van der Waals surface area contributed by atoms with Gasteiger partial charge >= 0.3 is 11.9 Å². The fourth-order valence-electron chi connectivity index (χ4n) is 1.55. The van der Waals surface area contributed by atoms with Crippen molar-refractivity contribution in [2.45, 2.75) is 32.8 Å². The van der Waals surface area contributed by atoms with Crippen LogP contribution in [0.3, 0.4) is 0 Å². The molecule has 1 heterocycles. The van der Waals surface area contributed by atoms with Crippen molar-refractivity contribution in [3.63, 3.8) is 0 Å². The molecule has 0 aliphatic rings. The van der Waals surface area contributed by atoms with Gasteiger partial charge in [0, 0.05) is 11.4 Å². The van der Waals surface area contributed by atoms with E-state index in [4.69, 9.17) is 9.47 Å². The zero-order valence-corrected chi connectivity index (χ0v) is 15.2. The van der Waals surface area contributed by atoms with Crippen LogP contribution in [0.4, 0.5) is 0 Å². The van der Waals surface area contributed by atoms with Crippen LogP contribution in [0.1, 0.15) is 35.3 Å². The number of carbonyl (C=O) groups is 2. The molecule has 130 valence electrons. The quantitative estimate of drug-likeness (QED) is 0.734. The molecular formula is C14H21NO6S2. The Labute approximate surface area is 140 Å². The second-order valence-electron chi connectivity index (χ2n) is 5.85. The first-order valence-electron chi connectivity index (χ1n) is 6.88. The molecule has 0 spiro atoms. The third-order valence-electron chi connectivity index (χ3n) is 2.34. The molecule has 0 fully saturated rings.